The van der Waals surface area contributed by atoms with Gasteiger partial charge in [0.2, 0.25) is 0 Å². The summed E-state index contributed by atoms with van der Waals surface area (Å²) >= 11 is 5.67. The Morgan fingerprint density at radius 2 is 2.21 bits per heavy atom. The molecule has 2 rings (SSSR count). The molecule has 0 heterocycles. The SMILES string of the molecule is COCCOC1C(O)CC1Oc1ccc(F)c(Cl)c1. The quantitative estimate of drug-likeness (QED) is 0.815. The predicted molar refractivity (Wildman–Crippen MR) is 68.1 cm³/mol. The van der Waals surface area contributed by atoms with Crippen molar-refractivity contribution in [3.63, 3.8) is 0 Å². The Labute approximate surface area is 116 Å². The number of methoxy groups -OCH3 is 1. The summed E-state index contributed by atoms with van der Waals surface area (Å²) < 4.78 is 29.0. The van der Waals surface area contributed by atoms with E-state index in [9.17, 15) is 9.50 Å². The Hall–Kier alpha value is -0.880. The van der Waals surface area contributed by atoms with Crippen LogP contribution in [0.2, 0.25) is 5.02 Å². The predicted octanol–water partition coefficient (Wildman–Crippen LogP) is 2.02. The van der Waals surface area contributed by atoms with Crippen molar-refractivity contribution in [1.29, 1.82) is 0 Å². The fourth-order valence-electron chi connectivity index (χ4n) is 1.88. The molecule has 3 unspecified atom stereocenters. The average Bonchev–Trinajstić information content (AvgIpc) is 2.38. The summed E-state index contributed by atoms with van der Waals surface area (Å²) in [7, 11) is 1.58. The summed E-state index contributed by atoms with van der Waals surface area (Å²) in [6, 6.07) is 4.15. The van der Waals surface area contributed by atoms with E-state index >= 15 is 0 Å². The van der Waals surface area contributed by atoms with E-state index in [1.54, 1.807) is 7.11 Å². The van der Waals surface area contributed by atoms with Crippen LogP contribution in [-0.2, 0) is 9.47 Å². The van der Waals surface area contributed by atoms with Crippen LogP contribution in [-0.4, -0.2) is 43.7 Å². The molecule has 0 aromatic heterocycles. The first-order valence-corrected chi connectivity index (χ1v) is 6.40. The summed E-state index contributed by atoms with van der Waals surface area (Å²) in [5.74, 6) is -0.0285. The van der Waals surface area contributed by atoms with E-state index in [1.165, 1.54) is 18.2 Å². The highest BCUT2D eigenvalue weighted by Crippen LogP contribution is 2.30. The van der Waals surface area contributed by atoms with E-state index in [0.717, 1.165) is 0 Å². The Morgan fingerprint density at radius 3 is 2.84 bits per heavy atom. The number of hydrogen-bond acceptors (Lipinski definition) is 4. The lowest BCUT2D eigenvalue weighted by Crippen LogP contribution is -2.55. The number of halogens is 2. The minimum absolute atomic E-state index is 0.00854. The van der Waals surface area contributed by atoms with Gasteiger partial charge in [-0.05, 0) is 12.1 Å². The molecular weight excluding hydrogens is 275 g/mol. The smallest absolute Gasteiger partial charge is 0.142 e. The monoisotopic (exact) mass is 290 g/mol. The molecule has 1 aromatic rings. The van der Waals surface area contributed by atoms with E-state index in [1.807, 2.05) is 0 Å². The first kappa shape index (κ1) is 14.5. The zero-order valence-electron chi connectivity index (χ0n) is 10.5. The highest BCUT2D eigenvalue weighted by atomic mass is 35.5. The Bertz CT molecular complexity index is 429. The molecule has 1 N–H and O–H groups in total. The van der Waals surface area contributed by atoms with Crippen molar-refractivity contribution in [2.75, 3.05) is 20.3 Å². The molecule has 1 fully saturated rings. The molecule has 19 heavy (non-hydrogen) atoms. The van der Waals surface area contributed by atoms with Crippen molar-refractivity contribution in [3.8, 4) is 5.75 Å². The van der Waals surface area contributed by atoms with Crippen molar-refractivity contribution in [1.82, 2.24) is 0 Å². The maximum Gasteiger partial charge on any atom is 0.142 e. The molecule has 0 spiro atoms. The molecule has 0 bridgehead atoms. The van der Waals surface area contributed by atoms with Crippen LogP contribution in [0.25, 0.3) is 0 Å². The normalized spacial score (nSPS) is 26.0. The molecule has 1 aromatic carbocycles. The highest BCUT2D eigenvalue weighted by Gasteiger charge is 2.42. The molecule has 106 valence electrons. The second-order valence-corrected chi connectivity index (χ2v) is 4.77. The van der Waals surface area contributed by atoms with Crippen LogP contribution in [0, 0.1) is 5.82 Å². The third-order valence-corrected chi connectivity index (χ3v) is 3.29. The van der Waals surface area contributed by atoms with Gasteiger partial charge in [-0.1, -0.05) is 11.6 Å². The molecule has 6 heteroatoms. The minimum Gasteiger partial charge on any atom is -0.487 e. The molecule has 1 aliphatic carbocycles. The number of aliphatic hydroxyl groups excluding tert-OH is 1. The lowest BCUT2D eigenvalue weighted by molar-refractivity contribution is -0.167. The summed E-state index contributed by atoms with van der Waals surface area (Å²) in [5, 5.41) is 9.63. The minimum atomic E-state index is -0.544. The van der Waals surface area contributed by atoms with Crippen LogP contribution >= 0.6 is 11.6 Å². The van der Waals surface area contributed by atoms with E-state index < -0.39 is 11.9 Å². The van der Waals surface area contributed by atoms with Gasteiger partial charge in [-0.2, -0.15) is 0 Å². The third kappa shape index (κ3) is 3.57. The number of hydrogen-bond donors (Lipinski definition) is 1. The average molecular weight is 291 g/mol. The van der Waals surface area contributed by atoms with Crippen LogP contribution in [0.3, 0.4) is 0 Å². The van der Waals surface area contributed by atoms with E-state index in [0.29, 0.717) is 25.4 Å². The summed E-state index contributed by atoms with van der Waals surface area (Å²) in [5.41, 5.74) is 0. The molecule has 4 nitrogen and oxygen atoms in total. The lowest BCUT2D eigenvalue weighted by Gasteiger charge is -2.40. The standard InChI is InChI=1S/C13H16ClFO4/c1-17-4-5-18-13-11(16)7-12(13)19-8-2-3-10(15)9(14)6-8/h2-3,6,11-13,16H,4-5,7H2,1H3. The zero-order chi connectivity index (χ0) is 13.8. The van der Waals surface area contributed by atoms with Crippen LogP contribution in [0.15, 0.2) is 18.2 Å². The van der Waals surface area contributed by atoms with Gasteiger partial charge in [0.15, 0.2) is 0 Å². The summed E-state index contributed by atoms with van der Waals surface area (Å²) in [6.07, 6.45) is -0.711. The van der Waals surface area contributed by atoms with Gasteiger partial charge in [0.1, 0.15) is 23.8 Å². The number of benzene rings is 1. The van der Waals surface area contributed by atoms with Gasteiger partial charge in [0.25, 0.3) is 0 Å². The molecule has 0 aliphatic heterocycles. The fraction of sp³-hybridized carbons (Fsp3) is 0.538. The van der Waals surface area contributed by atoms with Gasteiger partial charge >= 0.3 is 0 Å². The van der Waals surface area contributed by atoms with Crippen molar-refractivity contribution in [2.24, 2.45) is 0 Å². The molecule has 0 amide bonds. The maximum atomic E-state index is 13.0. The zero-order valence-corrected chi connectivity index (χ0v) is 11.3. The second kappa shape index (κ2) is 6.52. The molecule has 1 saturated carbocycles. The number of rotatable bonds is 6. The second-order valence-electron chi connectivity index (χ2n) is 4.36. The van der Waals surface area contributed by atoms with Crippen molar-refractivity contribution in [2.45, 2.75) is 24.7 Å². The third-order valence-electron chi connectivity index (χ3n) is 3.00. The first-order valence-electron chi connectivity index (χ1n) is 6.02. The highest BCUT2D eigenvalue weighted by molar-refractivity contribution is 6.30. The molecule has 0 saturated heterocycles. The van der Waals surface area contributed by atoms with Gasteiger partial charge in [-0.3, -0.25) is 0 Å². The van der Waals surface area contributed by atoms with Crippen LogP contribution in [0.5, 0.6) is 5.75 Å². The number of ether oxygens (including phenoxy) is 3. The lowest BCUT2D eigenvalue weighted by atomic mass is 9.88. The molecular formula is C13H16ClFO4. The largest absolute Gasteiger partial charge is 0.487 e. The summed E-state index contributed by atoms with van der Waals surface area (Å²) in [6.45, 7) is 0.848. The van der Waals surface area contributed by atoms with Gasteiger partial charge in [-0.15, -0.1) is 0 Å². The van der Waals surface area contributed by atoms with Crippen LogP contribution < -0.4 is 4.74 Å². The van der Waals surface area contributed by atoms with Gasteiger partial charge < -0.3 is 19.3 Å². The first-order chi connectivity index (χ1) is 9.11. The molecule has 3 atom stereocenters. The Balaban J connectivity index is 1.89. The van der Waals surface area contributed by atoms with Crippen molar-refractivity contribution < 1.29 is 23.7 Å². The van der Waals surface area contributed by atoms with Gasteiger partial charge in [-0.25, -0.2) is 4.39 Å². The van der Waals surface area contributed by atoms with Gasteiger partial charge in [0, 0.05) is 19.6 Å². The molecule has 1 aliphatic rings. The topological polar surface area (TPSA) is 47.9 Å². The number of aliphatic hydroxyl groups is 1. The Morgan fingerprint density at radius 1 is 1.42 bits per heavy atom. The van der Waals surface area contributed by atoms with Crippen molar-refractivity contribution >= 4 is 11.6 Å². The maximum absolute atomic E-state index is 13.0. The Kier molecular flexibility index (Phi) is 4.99. The van der Waals surface area contributed by atoms with Crippen LogP contribution in [0.1, 0.15) is 6.42 Å². The van der Waals surface area contributed by atoms with Gasteiger partial charge in [0.05, 0.1) is 24.3 Å². The fourth-order valence-corrected chi connectivity index (χ4v) is 2.05. The van der Waals surface area contributed by atoms with E-state index in [2.05, 4.69) is 0 Å². The van der Waals surface area contributed by atoms with E-state index in [-0.39, 0.29) is 17.2 Å². The summed E-state index contributed by atoms with van der Waals surface area (Å²) in [4.78, 5) is 0. The molecule has 0 radical (unpaired) electrons. The van der Waals surface area contributed by atoms with Crippen molar-refractivity contribution in [3.05, 3.63) is 29.0 Å². The van der Waals surface area contributed by atoms with E-state index in [4.69, 9.17) is 25.8 Å². The van der Waals surface area contributed by atoms with Crippen LogP contribution in [0.4, 0.5) is 4.39 Å².